The first-order valence-electron chi connectivity index (χ1n) is 11.4. The SMILES string of the molecule is O=C1NC2(CCc3ccccc3C2)C(=O)N1CN1CCC(c2nc3ccccc3o2)CC1. The molecule has 1 aliphatic carbocycles. The first-order chi connectivity index (χ1) is 15.6. The zero-order valence-electron chi connectivity index (χ0n) is 17.9. The van der Waals surface area contributed by atoms with Gasteiger partial charge in [0, 0.05) is 25.4 Å². The van der Waals surface area contributed by atoms with Crippen LogP contribution < -0.4 is 5.32 Å². The summed E-state index contributed by atoms with van der Waals surface area (Å²) in [6, 6.07) is 15.8. The van der Waals surface area contributed by atoms with Gasteiger partial charge in [-0.1, -0.05) is 36.4 Å². The van der Waals surface area contributed by atoms with Crippen molar-refractivity contribution in [3.05, 3.63) is 65.5 Å². The number of amides is 3. The number of benzene rings is 2. The Bertz CT molecular complexity index is 1160. The van der Waals surface area contributed by atoms with Gasteiger partial charge in [-0.05, 0) is 48.9 Å². The van der Waals surface area contributed by atoms with E-state index in [0.717, 1.165) is 54.9 Å². The van der Waals surface area contributed by atoms with Crippen molar-refractivity contribution in [3.63, 3.8) is 0 Å². The number of aryl methyl sites for hydroxylation is 1. The number of likely N-dealkylation sites (tertiary alicyclic amines) is 1. The zero-order valence-corrected chi connectivity index (χ0v) is 17.9. The molecule has 2 aliphatic heterocycles. The van der Waals surface area contributed by atoms with E-state index in [-0.39, 0.29) is 17.9 Å². The minimum Gasteiger partial charge on any atom is -0.440 e. The number of fused-ring (bicyclic) bond motifs is 2. The number of aromatic nitrogens is 1. The van der Waals surface area contributed by atoms with Crippen LogP contribution in [-0.2, 0) is 17.6 Å². The molecule has 7 heteroatoms. The lowest BCUT2D eigenvalue weighted by molar-refractivity contribution is -0.133. The summed E-state index contributed by atoms with van der Waals surface area (Å²) >= 11 is 0. The molecule has 1 atom stereocenters. The molecule has 0 bridgehead atoms. The van der Waals surface area contributed by atoms with Crippen LogP contribution in [0.5, 0.6) is 0 Å². The van der Waals surface area contributed by atoms with Crippen LogP contribution in [0.15, 0.2) is 52.9 Å². The number of para-hydroxylation sites is 2. The van der Waals surface area contributed by atoms with Crippen molar-refractivity contribution >= 4 is 23.0 Å². The van der Waals surface area contributed by atoms with Crippen LogP contribution in [0.1, 0.15) is 42.2 Å². The number of carbonyl (C=O) groups excluding carboxylic acids is 2. The summed E-state index contributed by atoms with van der Waals surface area (Å²) in [7, 11) is 0. The Balaban J connectivity index is 1.11. The fourth-order valence-electron chi connectivity index (χ4n) is 5.42. The van der Waals surface area contributed by atoms with E-state index in [1.807, 2.05) is 36.4 Å². The standard InChI is InChI=1S/C25H26N4O3/c30-23-25(12-9-17-5-1-2-6-19(17)15-25)27-24(31)29(23)16-28-13-10-18(11-14-28)22-26-20-7-3-4-8-21(20)32-22/h1-8,18H,9-16H2,(H,27,31). The number of oxazole rings is 1. The highest BCUT2D eigenvalue weighted by Gasteiger charge is 2.52. The number of urea groups is 1. The van der Waals surface area contributed by atoms with Crippen molar-refractivity contribution in [3.8, 4) is 0 Å². The highest BCUT2D eigenvalue weighted by molar-refractivity contribution is 6.07. The van der Waals surface area contributed by atoms with Crippen molar-refractivity contribution in [2.45, 2.75) is 43.6 Å². The van der Waals surface area contributed by atoms with Crippen LogP contribution in [0.4, 0.5) is 4.79 Å². The second-order valence-corrected chi connectivity index (χ2v) is 9.24. The molecule has 3 amide bonds. The molecule has 1 unspecified atom stereocenters. The minimum absolute atomic E-state index is 0.0851. The fourth-order valence-corrected chi connectivity index (χ4v) is 5.42. The topological polar surface area (TPSA) is 78.7 Å². The number of nitrogens with zero attached hydrogens (tertiary/aromatic N) is 3. The molecule has 1 aromatic heterocycles. The van der Waals surface area contributed by atoms with Gasteiger partial charge in [0.2, 0.25) is 0 Å². The maximum Gasteiger partial charge on any atom is 0.326 e. The van der Waals surface area contributed by atoms with E-state index in [2.05, 4.69) is 27.3 Å². The maximum atomic E-state index is 13.4. The van der Waals surface area contributed by atoms with Crippen LogP contribution >= 0.6 is 0 Å². The maximum absolute atomic E-state index is 13.4. The molecule has 0 saturated carbocycles. The smallest absolute Gasteiger partial charge is 0.326 e. The Labute approximate surface area is 186 Å². The molecule has 164 valence electrons. The molecule has 0 radical (unpaired) electrons. The lowest BCUT2D eigenvalue weighted by Crippen LogP contribution is -2.52. The van der Waals surface area contributed by atoms with Crippen LogP contribution in [0, 0.1) is 0 Å². The Hall–Kier alpha value is -3.19. The van der Waals surface area contributed by atoms with Crippen molar-refractivity contribution in [1.82, 2.24) is 20.1 Å². The molecule has 1 spiro atoms. The number of imide groups is 1. The highest BCUT2D eigenvalue weighted by Crippen LogP contribution is 2.34. The molecule has 2 saturated heterocycles. The molecule has 32 heavy (non-hydrogen) atoms. The predicted octanol–water partition coefficient (Wildman–Crippen LogP) is 3.44. The Morgan fingerprint density at radius 1 is 1.03 bits per heavy atom. The van der Waals surface area contributed by atoms with Gasteiger partial charge in [0.1, 0.15) is 11.1 Å². The monoisotopic (exact) mass is 430 g/mol. The van der Waals surface area contributed by atoms with E-state index in [1.165, 1.54) is 10.5 Å². The quantitative estimate of drug-likeness (QED) is 0.644. The minimum atomic E-state index is -0.790. The van der Waals surface area contributed by atoms with Crippen molar-refractivity contribution in [2.24, 2.45) is 0 Å². The van der Waals surface area contributed by atoms with Crippen LogP contribution in [0.25, 0.3) is 11.1 Å². The number of carbonyl (C=O) groups is 2. The normalized spacial score (nSPS) is 24.3. The number of hydrogen-bond donors (Lipinski definition) is 1. The molecule has 6 rings (SSSR count). The molecule has 3 aliphatic rings. The summed E-state index contributed by atoms with van der Waals surface area (Å²) in [5.41, 5.74) is 3.36. The van der Waals surface area contributed by atoms with Crippen LogP contribution in [0.3, 0.4) is 0 Å². The van der Waals surface area contributed by atoms with Gasteiger partial charge in [0.15, 0.2) is 11.5 Å². The first kappa shape index (κ1) is 19.5. The lowest BCUT2D eigenvalue weighted by atomic mass is 9.78. The Kier molecular flexibility index (Phi) is 4.54. The van der Waals surface area contributed by atoms with Gasteiger partial charge in [-0.15, -0.1) is 0 Å². The Morgan fingerprint density at radius 2 is 1.78 bits per heavy atom. The van der Waals surface area contributed by atoms with Gasteiger partial charge in [-0.25, -0.2) is 14.7 Å². The second-order valence-electron chi connectivity index (χ2n) is 9.24. The van der Waals surface area contributed by atoms with Gasteiger partial charge < -0.3 is 9.73 Å². The van der Waals surface area contributed by atoms with Crippen molar-refractivity contribution in [1.29, 1.82) is 0 Å². The molecular weight excluding hydrogens is 404 g/mol. The van der Waals surface area contributed by atoms with E-state index >= 15 is 0 Å². The number of piperidine rings is 1. The molecule has 3 aromatic rings. The van der Waals surface area contributed by atoms with E-state index < -0.39 is 5.54 Å². The predicted molar refractivity (Wildman–Crippen MR) is 119 cm³/mol. The van der Waals surface area contributed by atoms with Crippen LogP contribution in [0.2, 0.25) is 0 Å². The summed E-state index contributed by atoms with van der Waals surface area (Å²) in [5.74, 6) is 0.974. The second kappa shape index (κ2) is 7.45. The van der Waals surface area contributed by atoms with Gasteiger partial charge in [-0.3, -0.25) is 9.69 Å². The van der Waals surface area contributed by atoms with E-state index in [1.54, 1.807) is 0 Å². The fraction of sp³-hybridized carbons (Fsp3) is 0.400. The highest BCUT2D eigenvalue weighted by atomic mass is 16.3. The molecule has 1 N–H and O–H groups in total. The molecular formula is C25H26N4O3. The molecule has 2 aromatic carbocycles. The average Bonchev–Trinajstić information content (AvgIpc) is 3.35. The molecule has 7 nitrogen and oxygen atoms in total. The number of hydrogen-bond acceptors (Lipinski definition) is 5. The lowest BCUT2D eigenvalue weighted by Gasteiger charge is -2.34. The average molecular weight is 431 g/mol. The largest absolute Gasteiger partial charge is 0.440 e. The summed E-state index contributed by atoms with van der Waals surface area (Å²) < 4.78 is 5.96. The van der Waals surface area contributed by atoms with Crippen molar-refractivity contribution < 1.29 is 14.0 Å². The summed E-state index contributed by atoms with van der Waals surface area (Å²) in [5, 5.41) is 3.03. The third-order valence-electron chi connectivity index (χ3n) is 7.27. The van der Waals surface area contributed by atoms with Gasteiger partial charge >= 0.3 is 6.03 Å². The van der Waals surface area contributed by atoms with Gasteiger partial charge in [-0.2, -0.15) is 0 Å². The number of nitrogens with one attached hydrogen (secondary N) is 1. The van der Waals surface area contributed by atoms with Gasteiger partial charge in [0.25, 0.3) is 5.91 Å². The summed E-state index contributed by atoms with van der Waals surface area (Å²) in [6.45, 7) is 1.95. The van der Waals surface area contributed by atoms with E-state index in [9.17, 15) is 9.59 Å². The third kappa shape index (κ3) is 3.19. The van der Waals surface area contributed by atoms with Gasteiger partial charge in [0.05, 0.1) is 6.67 Å². The summed E-state index contributed by atoms with van der Waals surface area (Å²) in [4.78, 5) is 34.4. The van der Waals surface area contributed by atoms with Crippen molar-refractivity contribution in [2.75, 3.05) is 19.8 Å². The Morgan fingerprint density at radius 3 is 2.59 bits per heavy atom. The third-order valence-corrected chi connectivity index (χ3v) is 7.27. The van der Waals surface area contributed by atoms with E-state index in [4.69, 9.17) is 4.42 Å². The summed E-state index contributed by atoms with van der Waals surface area (Å²) in [6.07, 6.45) is 3.84. The molecule has 2 fully saturated rings. The van der Waals surface area contributed by atoms with Crippen LogP contribution in [-0.4, -0.2) is 52.0 Å². The molecule has 3 heterocycles. The first-order valence-corrected chi connectivity index (χ1v) is 11.4. The number of rotatable bonds is 3. The van der Waals surface area contributed by atoms with E-state index in [0.29, 0.717) is 19.5 Å². The zero-order chi connectivity index (χ0) is 21.7.